The van der Waals surface area contributed by atoms with Crippen LogP contribution < -0.4 is 10.1 Å². The lowest BCUT2D eigenvalue weighted by Crippen LogP contribution is -2.37. The molecule has 7 nitrogen and oxygen atoms in total. The molecule has 0 radical (unpaired) electrons. The van der Waals surface area contributed by atoms with E-state index in [0.29, 0.717) is 18.8 Å². The van der Waals surface area contributed by atoms with Crippen LogP contribution in [-0.2, 0) is 0 Å². The van der Waals surface area contributed by atoms with Gasteiger partial charge in [0.1, 0.15) is 16.3 Å². The third-order valence-electron chi connectivity index (χ3n) is 5.93. The fraction of sp³-hybridized carbons (Fsp3) is 0.417. The van der Waals surface area contributed by atoms with Crippen molar-refractivity contribution in [3.63, 3.8) is 0 Å². The summed E-state index contributed by atoms with van der Waals surface area (Å²) >= 11 is 2.98. The maximum absolute atomic E-state index is 12.9. The number of ether oxygens (including phenoxy) is 1. The lowest BCUT2D eigenvalue weighted by Gasteiger charge is -2.30. The first-order valence-corrected chi connectivity index (χ1v) is 12.7. The fourth-order valence-electron chi connectivity index (χ4n) is 4.05. The van der Waals surface area contributed by atoms with Gasteiger partial charge in [0.15, 0.2) is 0 Å². The van der Waals surface area contributed by atoms with Crippen molar-refractivity contribution in [3.8, 4) is 5.75 Å². The number of benzene rings is 1. The van der Waals surface area contributed by atoms with E-state index in [9.17, 15) is 9.59 Å². The van der Waals surface area contributed by atoms with Crippen LogP contribution in [-0.4, -0.2) is 46.9 Å². The Hall–Kier alpha value is -2.78. The Bertz CT molecular complexity index is 1150. The number of rotatable bonds is 6. The first-order chi connectivity index (χ1) is 15.9. The van der Waals surface area contributed by atoms with E-state index in [4.69, 9.17) is 4.74 Å². The summed E-state index contributed by atoms with van der Waals surface area (Å²) in [6, 6.07) is 7.51. The maximum Gasteiger partial charge on any atom is 0.271 e. The number of amides is 2. The van der Waals surface area contributed by atoms with E-state index in [2.05, 4.69) is 15.3 Å². The van der Waals surface area contributed by atoms with Gasteiger partial charge >= 0.3 is 0 Å². The minimum atomic E-state index is -0.184. The molecule has 3 aromatic rings. The molecule has 2 aromatic heterocycles. The first-order valence-electron chi connectivity index (χ1n) is 11.0. The van der Waals surface area contributed by atoms with Crippen molar-refractivity contribution in [3.05, 3.63) is 61.5 Å². The molecule has 1 atom stereocenters. The van der Waals surface area contributed by atoms with Crippen molar-refractivity contribution >= 4 is 34.5 Å². The van der Waals surface area contributed by atoms with Gasteiger partial charge in [-0.15, -0.1) is 22.7 Å². The molecular formula is C24H28N4O3S2. The molecule has 1 aliphatic rings. The van der Waals surface area contributed by atoms with Gasteiger partial charge in [-0.3, -0.25) is 9.59 Å². The van der Waals surface area contributed by atoms with Crippen molar-refractivity contribution in [2.45, 2.75) is 45.6 Å². The standard InChI is InChI=1S/C24H28N4O3S2/c1-14(18-6-5-7-19(12-18)31-4)26-22(29)20-13-32-23(27-20)17-8-10-28(11-9-17)24(30)21-15(2)25-16(3)33-21/h5-7,12-14,17H,8-11H2,1-4H3,(H,26,29). The van der Waals surface area contributed by atoms with Crippen LogP contribution >= 0.6 is 22.7 Å². The molecule has 1 unspecified atom stereocenters. The number of aryl methyl sites for hydroxylation is 2. The van der Waals surface area contributed by atoms with Gasteiger partial charge in [-0.1, -0.05) is 12.1 Å². The maximum atomic E-state index is 12.9. The minimum absolute atomic E-state index is 0.0716. The Morgan fingerprint density at radius 3 is 2.64 bits per heavy atom. The normalized spacial score (nSPS) is 15.3. The largest absolute Gasteiger partial charge is 0.497 e. The third-order valence-corrected chi connectivity index (χ3v) is 7.99. The Kier molecular flexibility index (Phi) is 7.09. The topological polar surface area (TPSA) is 84.4 Å². The first kappa shape index (κ1) is 23.4. The molecule has 174 valence electrons. The Morgan fingerprint density at radius 1 is 1.21 bits per heavy atom. The molecule has 1 fully saturated rings. The van der Waals surface area contributed by atoms with E-state index in [1.54, 1.807) is 7.11 Å². The van der Waals surface area contributed by atoms with Gasteiger partial charge < -0.3 is 15.0 Å². The number of methoxy groups -OCH3 is 1. The number of thiazole rings is 2. The smallest absolute Gasteiger partial charge is 0.271 e. The second kappa shape index (κ2) is 10.0. The molecule has 1 aromatic carbocycles. The summed E-state index contributed by atoms with van der Waals surface area (Å²) in [6.45, 7) is 7.13. The van der Waals surface area contributed by atoms with Gasteiger partial charge in [-0.05, 0) is 51.3 Å². The van der Waals surface area contributed by atoms with Gasteiger partial charge in [0.05, 0.1) is 28.9 Å². The summed E-state index contributed by atoms with van der Waals surface area (Å²) < 4.78 is 5.27. The molecule has 1 aliphatic heterocycles. The van der Waals surface area contributed by atoms with Crippen LogP contribution in [0.2, 0.25) is 0 Å². The summed E-state index contributed by atoms with van der Waals surface area (Å²) in [5.74, 6) is 0.912. The highest BCUT2D eigenvalue weighted by Crippen LogP contribution is 2.32. The number of carbonyl (C=O) groups is 2. The van der Waals surface area contributed by atoms with Gasteiger partial charge in [0, 0.05) is 24.4 Å². The van der Waals surface area contributed by atoms with E-state index in [1.165, 1.54) is 22.7 Å². The molecule has 33 heavy (non-hydrogen) atoms. The van der Waals surface area contributed by atoms with Crippen LogP contribution in [0.25, 0.3) is 0 Å². The number of likely N-dealkylation sites (tertiary alicyclic amines) is 1. The average Bonchev–Trinajstić information content (AvgIpc) is 3.45. The SMILES string of the molecule is COc1cccc(C(C)NC(=O)c2csc(C3CCN(C(=O)c4sc(C)nc4C)CC3)n2)c1. The zero-order valence-corrected chi connectivity index (χ0v) is 20.9. The van der Waals surface area contributed by atoms with Crippen LogP contribution in [0, 0.1) is 13.8 Å². The van der Waals surface area contributed by atoms with E-state index >= 15 is 0 Å². The van der Waals surface area contributed by atoms with Gasteiger partial charge in [-0.2, -0.15) is 0 Å². The van der Waals surface area contributed by atoms with Crippen LogP contribution in [0.4, 0.5) is 0 Å². The summed E-state index contributed by atoms with van der Waals surface area (Å²) in [5, 5.41) is 6.72. The number of carbonyl (C=O) groups excluding carboxylic acids is 2. The predicted octanol–water partition coefficient (Wildman–Crippen LogP) is 4.74. The number of aromatic nitrogens is 2. The number of piperidine rings is 1. The molecule has 0 saturated carbocycles. The van der Waals surface area contributed by atoms with Crippen molar-refractivity contribution in [1.82, 2.24) is 20.2 Å². The number of nitrogens with one attached hydrogen (secondary N) is 1. The number of nitrogens with zero attached hydrogens (tertiary/aromatic N) is 3. The van der Waals surface area contributed by atoms with E-state index < -0.39 is 0 Å². The highest BCUT2D eigenvalue weighted by Gasteiger charge is 2.28. The second-order valence-corrected chi connectivity index (χ2v) is 10.3. The highest BCUT2D eigenvalue weighted by molar-refractivity contribution is 7.13. The van der Waals surface area contributed by atoms with Crippen molar-refractivity contribution in [2.24, 2.45) is 0 Å². The van der Waals surface area contributed by atoms with E-state index in [0.717, 1.165) is 44.7 Å². The predicted molar refractivity (Wildman–Crippen MR) is 130 cm³/mol. The lowest BCUT2D eigenvalue weighted by molar-refractivity contribution is 0.0717. The molecule has 0 aliphatic carbocycles. The van der Waals surface area contributed by atoms with Gasteiger partial charge in [0.2, 0.25) is 0 Å². The van der Waals surface area contributed by atoms with Gasteiger partial charge in [0.25, 0.3) is 11.8 Å². The number of hydrogen-bond acceptors (Lipinski definition) is 7. The van der Waals surface area contributed by atoms with Gasteiger partial charge in [-0.25, -0.2) is 9.97 Å². The van der Waals surface area contributed by atoms with E-state index in [1.807, 2.05) is 55.3 Å². The summed E-state index contributed by atoms with van der Waals surface area (Å²) in [7, 11) is 1.63. The summed E-state index contributed by atoms with van der Waals surface area (Å²) in [6.07, 6.45) is 1.69. The Balaban J connectivity index is 1.34. The summed E-state index contributed by atoms with van der Waals surface area (Å²) in [5.41, 5.74) is 2.23. The lowest BCUT2D eigenvalue weighted by atomic mass is 9.97. The van der Waals surface area contributed by atoms with Crippen LogP contribution in [0.1, 0.15) is 73.2 Å². The molecule has 0 bridgehead atoms. The van der Waals surface area contributed by atoms with Crippen molar-refractivity contribution in [1.29, 1.82) is 0 Å². The Morgan fingerprint density at radius 2 is 1.97 bits per heavy atom. The number of hydrogen-bond donors (Lipinski definition) is 1. The molecule has 3 heterocycles. The molecule has 1 N–H and O–H groups in total. The molecule has 9 heteroatoms. The highest BCUT2D eigenvalue weighted by atomic mass is 32.1. The molecule has 4 rings (SSSR count). The minimum Gasteiger partial charge on any atom is -0.497 e. The molecule has 2 amide bonds. The second-order valence-electron chi connectivity index (χ2n) is 8.26. The Labute approximate surface area is 201 Å². The fourth-order valence-corrected chi connectivity index (χ4v) is 5.91. The van der Waals surface area contributed by atoms with Crippen molar-refractivity contribution in [2.75, 3.05) is 20.2 Å². The van der Waals surface area contributed by atoms with E-state index in [-0.39, 0.29) is 23.8 Å². The molecular weight excluding hydrogens is 456 g/mol. The summed E-state index contributed by atoms with van der Waals surface area (Å²) in [4.78, 5) is 37.3. The van der Waals surface area contributed by atoms with Crippen LogP contribution in [0.5, 0.6) is 5.75 Å². The average molecular weight is 485 g/mol. The molecule has 1 saturated heterocycles. The molecule has 0 spiro atoms. The van der Waals surface area contributed by atoms with Crippen molar-refractivity contribution < 1.29 is 14.3 Å². The third kappa shape index (κ3) is 5.25. The van der Waals surface area contributed by atoms with Crippen LogP contribution in [0.15, 0.2) is 29.6 Å². The zero-order valence-electron chi connectivity index (χ0n) is 19.3. The monoisotopic (exact) mass is 484 g/mol. The van der Waals surface area contributed by atoms with Crippen LogP contribution in [0.3, 0.4) is 0 Å². The quantitative estimate of drug-likeness (QED) is 0.547. The zero-order chi connectivity index (χ0) is 23.5.